The number of ether oxygens (including phenoxy) is 1. The first-order valence-electron chi connectivity index (χ1n) is 7.81. The number of benzene rings is 2. The van der Waals surface area contributed by atoms with Gasteiger partial charge in [-0.05, 0) is 51.1 Å². The van der Waals surface area contributed by atoms with E-state index in [0.717, 1.165) is 0 Å². The summed E-state index contributed by atoms with van der Waals surface area (Å²) in [7, 11) is -2.34. The van der Waals surface area contributed by atoms with Crippen LogP contribution in [-0.4, -0.2) is 27.0 Å². The van der Waals surface area contributed by atoms with E-state index in [4.69, 9.17) is 16.3 Å². The molecule has 0 aliphatic heterocycles. The van der Waals surface area contributed by atoms with E-state index in [2.05, 4.69) is 10.0 Å². The third kappa shape index (κ3) is 5.20. The van der Waals surface area contributed by atoms with Crippen LogP contribution in [0.2, 0.25) is 5.02 Å². The van der Waals surface area contributed by atoms with Gasteiger partial charge in [0, 0.05) is 22.9 Å². The quantitative estimate of drug-likeness (QED) is 0.807. The summed E-state index contributed by atoms with van der Waals surface area (Å²) in [5.74, 6) is 0.138. The summed E-state index contributed by atoms with van der Waals surface area (Å²) in [6, 6.07) is 11.0. The van der Waals surface area contributed by atoms with Gasteiger partial charge in [-0.15, -0.1) is 0 Å². The number of hydrogen-bond donors (Lipinski definition) is 2. The number of sulfonamides is 1. The predicted molar refractivity (Wildman–Crippen MR) is 102 cm³/mol. The van der Waals surface area contributed by atoms with Crippen molar-refractivity contribution in [2.24, 2.45) is 0 Å². The zero-order valence-electron chi connectivity index (χ0n) is 15.0. The fourth-order valence-corrected chi connectivity index (χ4v) is 4.16. The van der Waals surface area contributed by atoms with Gasteiger partial charge in [0.05, 0.1) is 12.1 Å². The first kappa shape index (κ1) is 20.2. The molecule has 0 unspecified atom stereocenters. The number of carbonyl (C=O) groups is 1. The molecule has 1 amide bonds. The molecule has 0 aliphatic rings. The van der Waals surface area contributed by atoms with E-state index in [-0.39, 0.29) is 15.5 Å². The monoisotopic (exact) mass is 396 g/mol. The molecule has 2 rings (SSSR count). The van der Waals surface area contributed by atoms with Crippen LogP contribution in [0.25, 0.3) is 0 Å². The van der Waals surface area contributed by atoms with Gasteiger partial charge in [0.1, 0.15) is 10.6 Å². The number of rotatable bonds is 5. The van der Waals surface area contributed by atoms with Crippen LogP contribution in [0.1, 0.15) is 31.1 Å². The lowest BCUT2D eigenvalue weighted by atomic mass is 10.1. The summed E-state index contributed by atoms with van der Waals surface area (Å²) >= 11 is 6.05. The Morgan fingerprint density at radius 3 is 2.42 bits per heavy atom. The second-order valence-electron chi connectivity index (χ2n) is 6.69. The van der Waals surface area contributed by atoms with Gasteiger partial charge < -0.3 is 10.1 Å². The molecule has 2 aromatic carbocycles. The minimum atomic E-state index is -3.87. The molecular weight excluding hydrogens is 376 g/mol. The van der Waals surface area contributed by atoms with Crippen LogP contribution >= 0.6 is 11.6 Å². The van der Waals surface area contributed by atoms with E-state index < -0.39 is 21.5 Å². The maximum absolute atomic E-state index is 12.5. The van der Waals surface area contributed by atoms with Crippen LogP contribution in [0.4, 0.5) is 5.69 Å². The van der Waals surface area contributed by atoms with Crippen molar-refractivity contribution in [3.8, 4) is 5.75 Å². The van der Waals surface area contributed by atoms with E-state index in [9.17, 15) is 13.2 Å². The second-order valence-corrected chi connectivity index (χ2v) is 8.74. The van der Waals surface area contributed by atoms with Crippen molar-refractivity contribution in [3.05, 3.63) is 53.1 Å². The van der Waals surface area contributed by atoms with Gasteiger partial charge in [-0.2, -0.15) is 0 Å². The van der Waals surface area contributed by atoms with Crippen molar-refractivity contribution in [1.82, 2.24) is 4.72 Å². The lowest BCUT2D eigenvalue weighted by Crippen LogP contribution is -2.40. The standard InChI is InChI=1S/C18H21ClN2O4S/c1-18(2,3)21-26(23,24)16-10-12(8-9-15(16)19)17(22)20-13-6-5-7-14(11-13)25-4/h5-11,21H,1-4H3,(H,20,22). The van der Waals surface area contributed by atoms with Crippen molar-refractivity contribution in [3.63, 3.8) is 0 Å². The molecule has 140 valence electrons. The predicted octanol–water partition coefficient (Wildman–Crippen LogP) is 3.68. The summed E-state index contributed by atoms with van der Waals surface area (Å²) in [5, 5.41) is 2.74. The molecule has 0 saturated carbocycles. The Bertz CT molecular complexity index is 921. The molecule has 8 heteroatoms. The van der Waals surface area contributed by atoms with Crippen LogP contribution in [0.3, 0.4) is 0 Å². The Morgan fingerprint density at radius 1 is 1.12 bits per heavy atom. The van der Waals surface area contributed by atoms with E-state index >= 15 is 0 Å². The molecule has 26 heavy (non-hydrogen) atoms. The molecule has 0 heterocycles. The molecule has 0 bridgehead atoms. The Hall–Kier alpha value is -2.09. The molecule has 2 N–H and O–H groups in total. The van der Waals surface area contributed by atoms with Gasteiger partial charge in [-0.25, -0.2) is 13.1 Å². The van der Waals surface area contributed by atoms with Gasteiger partial charge in [-0.3, -0.25) is 4.79 Å². The maximum Gasteiger partial charge on any atom is 0.255 e. The second kappa shape index (κ2) is 7.65. The van der Waals surface area contributed by atoms with Gasteiger partial charge in [-0.1, -0.05) is 17.7 Å². The Kier molecular flexibility index (Phi) is 5.95. The lowest BCUT2D eigenvalue weighted by Gasteiger charge is -2.21. The average molecular weight is 397 g/mol. The summed E-state index contributed by atoms with van der Waals surface area (Å²) < 4.78 is 32.7. The van der Waals surface area contributed by atoms with Crippen molar-refractivity contribution in [1.29, 1.82) is 0 Å². The number of carbonyl (C=O) groups excluding carboxylic acids is 1. The highest BCUT2D eigenvalue weighted by molar-refractivity contribution is 7.89. The fourth-order valence-electron chi connectivity index (χ4n) is 2.21. The van der Waals surface area contributed by atoms with Gasteiger partial charge in [0.25, 0.3) is 5.91 Å². The van der Waals surface area contributed by atoms with Crippen LogP contribution in [0.15, 0.2) is 47.4 Å². The molecule has 0 aromatic heterocycles. The topological polar surface area (TPSA) is 84.5 Å². The Labute approximate surface area is 158 Å². The molecule has 0 radical (unpaired) electrons. The van der Waals surface area contributed by atoms with Crippen LogP contribution in [0.5, 0.6) is 5.75 Å². The number of halogens is 1. The summed E-state index contributed by atoms with van der Waals surface area (Å²) in [6.07, 6.45) is 0. The third-order valence-corrected chi connectivity index (χ3v) is 5.49. The molecule has 2 aromatic rings. The van der Waals surface area contributed by atoms with Crippen molar-refractivity contribution < 1.29 is 17.9 Å². The molecule has 0 spiro atoms. The minimum Gasteiger partial charge on any atom is -0.497 e. The average Bonchev–Trinajstić information content (AvgIpc) is 2.53. The molecular formula is C18H21ClN2O4S. The molecule has 0 fully saturated rings. The maximum atomic E-state index is 12.5. The van der Waals surface area contributed by atoms with Crippen molar-refractivity contribution >= 4 is 33.2 Å². The number of nitrogens with one attached hydrogen (secondary N) is 2. The minimum absolute atomic E-state index is 0.0414. The first-order valence-corrected chi connectivity index (χ1v) is 9.67. The van der Waals surface area contributed by atoms with Crippen molar-refractivity contribution in [2.75, 3.05) is 12.4 Å². The lowest BCUT2D eigenvalue weighted by molar-refractivity contribution is 0.102. The third-order valence-electron chi connectivity index (χ3n) is 3.25. The summed E-state index contributed by atoms with van der Waals surface area (Å²) in [4.78, 5) is 12.3. The van der Waals surface area contributed by atoms with E-state index in [0.29, 0.717) is 11.4 Å². The van der Waals surface area contributed by atoms with E-state index in [1.807, 2.05) is 0 Å². The number of methoxy groups -OCH3 is 1. The highest BCUT2D eigenvalue weighted by atomic mass is 35.5. The van der Waals surface area contributed by atoms with Crippen LogP contribution in [-0.2, 0) is 10.0 Å². The molecule has 0 aliphatic carbocycles. The smallest absolute Gasteiger partial charge is 0.255 e. The van der Waals surface area contributed by atoms with Crippen molar-refractivity contribution in [2.45, 2.75) is 31.2 Å². The van der Waals surface area contributed by atoms with Crippen LogP contribution < -0.4 is 14.8 Å². The number of amides is 1. The number of anilines is 1. The summed E-state index contributed by atoms with van der Waals surface area (Å²) in [6.45, 7) is 5.16. The fraction of sp³-hybridized carbons (Fsp3) is 0.278. The Balaban J connectivity index is 2.32. The zero-order valence-corrected chi connectivity index (χ0v) is 16.5. The SMILES string of the molecule is COc1cccc(NC(=O)c2ccc(Cl)c(S(=O)(=O)NC(C)(C)C)c2)c1. The van der Waals surface area contributed by atoms with Gasteiger partial charge >= 0.3 is 0 Å². The Morgan fingerprint density at radius 2 is 1.81 bits per heavy atom. The largest absolute Gasteiger partial charge is 0.497 e. The molecule has 0 saturated heterocycles. The number of hydrogen-bond acceptors (Lipinski definition) is 4. The van der Waals surface area contributed by atoms with E-state index in [1.165, 1.54) is 25.3 Å². The van der Waals surface area contributed by atoms with E-state index in [1.54, 1.807) is 45.0 Å². The normalized spacial score (nSPS) is 11.9. The van der Waals surface area contributed by atoms with Crippen LogP contribution in [0, 0.1) is 0 Å². The highest BCUT2D eigenvalue weighted by Crippen LogP contribution is 2.25. The molecule has 6 nitrogen and oxygen atoms in total. The highest BCUT2D eigenvalue weighted by Gasteiger charge is 2.25. The molecule has 0 atom stereocenters. The summed E-state index contributed by atoms with van der Waals surface area (Å²) in [5.41, 5.74) is 0.0223. The first-order chi connectivity index (χ1) is 12.0. The zero-order chi connectivity index (χ0) is 19.5. The van der Waals surface area contributed by atoms with Gasteiger partial charge in [0.2, 0.25) is 10.0 Å². The van der Waals surface area contributed by atoms with Gasteiger partial charge in [0.15, 0.2) is 0 Å².